The van der Waals surface area contributed by atoms with Gasteiger partial charge < -0.3 is 89.9 Å². The Morgan fingerprint density at radius 3 is 1.26 bits per heavy atom. The van der Waals surface area contributed by atoms with E-state index in [0.29, 0.717) is 19.3 Å². The number of amides is 1. The highest BCUT2D eigenvalue weighted by atomic mass is 16.8. The highest BCUT2D eigenvalue weighted by molar-refractivity contribution is 5.76. The minimum Gasteiger partial charge on any atom is -0.394 e. The molecule has 17 atom stereocenters. The fourth-order valence-corrected chi connectivity index (χ4v) is 10.6. The van der Waals surface area contributed by atoms with Crippen molar-refractivity contribution in [2.75, 3.05) is 26.4 Å². The van der Waals surface area contributed by atoms with Crippen LogP contribution in [0.5, 0.6) is 0 Å². The van der Waals surface area contributed by atoms with E-state index in [-0.39, 0.29) is 18.9 Å². The molecule has 3 fully saturated rings. The van der Waals surface area contributed by atoms with Gasteiger partial charge in [-0.05, 0) is 64.2 Å². The molecule has 0 aromatic carbocycles. The fraction of sp³-hybridized carbons (Fsp3) is 0.800. The summed E-state index contributed by atoms with van der Waals surface area (Å²) < 4.78 is 34.3. The zero-order valence-electron chi connectivity index (χ0n) is 50.9. The van der Waals surface area contributed by atoms with E-state index in [9.17, 15) is 61.0 Å². The number of rotatable bonds is 47. The summed E-state index contributed by atoms with van der Waals surface area (Å²) in [6.45, 7) is 1.64. The minimum absolute atomic E-state index is 0.208. The fourth-order valence-electron chi connectivity index (χ4n) is 10.6. The van der Waals surface area contributed by atoms with Crippen LogP contribution in [0.25, 0.3) is 0 Å². The van der Waals surface area contributed by atoms with Crippen LogP contribution in [-0.2, 0) is 33.2 Å². The molecule has 0 aromatic heterocycles. The van der Waals surface area contributed by atoms with Gasteiger partial charge in [0.15, 0.2) is 18.9 Å². The zero-order valence-corrected chi connectivity index (χ0v) is 50.9. The van der Waals surface area contributed by atoms with Crippen LogP contribution in [0.2, 0.25) is 0 Å². The van der Waals surface area contributed by atoms with Gasteiger partial charge in [-0.1, -0.05) is 202 Å². The lowest BCUT2D eigenvalue weighted by atomic mass is 9.96. The van der Waals surface area contributed by atoms with Crippen molar-refractivity contribution in [3.63, 3.8) is 0 Å². The molecule has 0 bridgehead atoms. The van der Waals surface area contributed by atoms with Gasteiger partial charge >= 0.3 is 0 Å². The van der Waals surface area contributed by atoms with Gasteiger partial charge in [0, 0.05) is 6.42 Å². The van der Waals surface area contributed by atoms with Gasteiger partial charge in [-0.15, -0.1) is 0 Å². The summed E-state index contributed by atoms with van der Waals surface area (Å²) in [5.74, 6) is -0.287. The molecule has 19 heteroatoms. The van der Waals surface area contributed by atoms with Crippen LogP contribution in [0.1, 0.15) is 200 Å². The Hall–Kier alpha value is -2.77. The monoisotopic (exact) mass is 1200 g/mol. The van der Waals surface area contributed by atoms with E-state index in [1.807, 2.05) is 0 Å². The maximum absolute atomic E-state index is 13.4. The van der Waals surface area contributed by atoms with Crippen LogP contribution in [-0.4, -0.2) is 193 Å². The molecule has 19 nitrogen and oxygen atoms in total. The zero-order chi connectivity index (χ0) is 61.2. The van der Waals surface area contributed by atoms with E-state index < -0.39 is 124 Å². The van der Waals surface area contributed by atoms with Crippen molar-refractivity contribution < 1.29 is 89.4 Å². The lowest BCUT2D eigenvalue weighted by Gasteiger charge is -2.48. The maximum atomic E-state index is 13.4. The number of allylic oxidation sites excluding steroid dienone is 12. The molecule has 3 saturated heterocycles. The second-order valence-corrected chi connectivity index (χ2v) is 22.8. The first-order valence-electron chi connectivity index (χ1n) is 32.2. The highest BCUT2D eigenvalue weighted by Crippen LogP contribution is 2.33. The number of unbranched alkanes of at least 4 members (excludes halogenated alkanes) is 19. The molecular formula is C65H113NO18. The lowest BCUT2D eigenvalue weighted by molar-refractivity contribution is -0.379. The molecule has 0 spiro atoms. The first kappa shape index (κ1) is 75.5. The Labute approximate surface area is 502 Å². The van der Waals surface area contributed by atoms with E-state index in [1.54, 1.807) is 0 Å². The molecule has 84 heavy (non-hydrogen) atoms. The Kier molecular flexibility index (Phi) is 42.5. The van der Waals surface area contributed by atoms with Crippen LogP contribution in [0.4, 0.5) is 0 Å². The van der Waals surface area contributed by atoms with Crippen LogP contribution < -0.4 is 5.32 Å². The second-order valence-electron chi connectivity index (χ2n) is 22.8. The first-order chi connectivity index (χ1) is 40.8. The smallest absolute Gasteiger partial charge is 0.220 e. The van der Waals surface area contributed by atoms with Crippen molar-refractivity contribution in [2.24, 2.45) is 0 Å². The van der Waals surface area contributed by atoms with Crippen molar-refractivity contribution in [2.45, 2.75) is 304 Å². The van der Waals surface area contributed by atoms with Gasteiger partial charge in [0.1, 0.15) is 73.2 Å². The average molecular weight is 1200 g/mol. The van der Waals surface area contributed by atoms with Crippen LogP contribution in [0.3, 0.4) is 0 Å². The SMILES string of the molecule is CC/C=C\C/C=C\C/C=C\C/C=C\C/C=C\C/C=C\CCCCC(=O)NC(COC1OC(CO)C(OC2OC(CO)C(OC3OC(CO)C(O)C(O)C3O)C(O)C2O)C(O)C1O)C(O)CCCCCCCCCCCCCCCCCCCC. The summed E-state index contributed by atoms with van der Waals surface area (Å²) in [4.78, 5) is 13.4. The van der Waals surface area contributed by atoms with E-state index >= 15 is 0 Å². The Morgan fingerprint density at radius 1 is 0.440 bits per heavy atom. The molecule has 3 aliphatic rings. The quantitative estimate of drug-likeness (QED) is 0.0216. The van der Waals surface area contributed by atoms with Crippen molar-refractivity contribution in [1.82, 2.24) is 5.32 Å². The predicted octanol–water partition coefficient (Wildman–Crippen LogP) is 6.99. The number of aliphatic hydroxyl groups excluding tert-OH is 11. The van der Waals surface area contributed by atoms with E-state index in [4.69, 9.17) is 28.4 Å². The van der Waals surface area contributed by atoms with E-state index in [2.05, 4.69) is 92.1 Å². The molecule has 0 aliphatic carbocycles. The number of hydrogen-bond donors (Lipinski definition) is 12. The third-order valence-corrected chi connectivity index (χ3v) is 15.8. The Bertz CT molecular complexity index is 1810. The third-order valence-electron chi connectivity index (χ3n) is 15.8. The van der Waals surface area contributed by atoms with Gasteiger partial charge in [-0.2, -0.15) is 0 Å². The molecule has 0 aromatic rings. The molecular weight excluding hydrogens is 1080 g/mol. The summed E-state index contributed by atoms with van der Waals surface area (Å²) in [7, 11) is 0. The minimum atomic E-state index is -1.98. The number of aliphatic hydroxyl groups is 11. The second kappa shape index (κ2) is 47.3. The molecule has 17 unspecified atom stereocenters. The highest BCUT2D eigenvalue weighted by Gasteiger charge is 2.53. The third kappa shape index (κ3) is 30.0. The van der Waals surface area contributed by atoms with E-state index in [1.165, 1.54) is 89.9 Å². The predicted molar refractivity (Wildman–Crippen MR) is 323 cm³/mol. The molecule has 3 heterocycles. The molecule has 12 N–H and O–H groups in total. The number of nitrogens with one attached hydrogen (secondary N) is 1. The standard InChI is InChI=1S/C65H113NO18/c1-3-5-7-9-11-13-15-17-19-21-23-24-25-27-29-31-33-35-37-39-41-43-53(71)66-48(49(70)42-40-38-36-34-32-30-28-26-22-20-18-16-14-12-10-8-6-4-2)47-79-63-59(77)56(74)61(51(45-68)81-63)84-65-60(78)57(75)62(52(46-69)82-65)83-64-58(76)55(73)54(72)50(44-67)80-64/h5,7,11,13,17,19,23-24,27,29,33,35,48-52,54-65,67-70,72-78H,3-4,6,8-10,12,14-16,18,20-22,25-26,28,30-32,34,36-47H2,1-2H3,(H,66,71)/b7-5-,13-11-,19-17-,24-23-,29-27-,35-33-. The van der Waals surface area contributed by atoms with Crippen molar-refractivity contribution in [1.29, 1.82) is 0 Å². The normalized spacial score (nSPS) is 29.7. The summed E-state index contributed by atoms with van der Waals surface area (Å²) in [6, 6.07) is -0.915. The molecule has 0 radical (unpaired) electrons. The topological polar surface area (TPSA) is 307 Å². The molecule has 3 aliphatic heterocycles. The number of ether oxygens (including phenoxy) is 6. The van der Waals surface area contributed by atoms with Crippen LogP contribution in [0, 0.1) is 0 Å². The Morgan fingerprint density at radius 2 is 0.821 bits per heavy atom. The van der Waals surface area contributed by atoms with E-state index in [0.717, 1.165) is 70.6 Å². The maximum Gasteiger partial charge on any atom is 0.220 e. The van der Waals surface area contributed by atoms with Gasteiger partial charge in [0.2, 0.25) is 5.91 Å². The summed E-state index contributed by atoms with van der Waals surface area (Å²) in [5, 5.41) is 120. The van der Waals surface area contributed by atoms with Crippen molar-refractivity contribution in [3.05, 3.63) is 72.9 Å². The number of carbonyl (C=O) groups is 1. The summed E-state index contributed by atoms with van der Waals surface area (Å²) >= 11 is 0. The summed E-state index contributed by atoms with van der Waals surface area (Å²) in [5.41, 5.74) is 0. The van der Waals surface area contributed by atoms with Gasteiger partial charge in [0.25, 0.3) is 0 Å². The molecule has 1 amide bonds. The van der Waals surface area contributed by atoms with Gasteiger partial charge in [-0.3, -0.25) is 4.79 Å². The van der Waals surface area contributed by atoms with Crippen LogP contribution >= 0.6 is 0 Å². The molecule has 3 rings (SSSR count). The van der Waals surface area contributed by atoms with Crippen molar-refractivity contribution in [3.8, 4) is 0 Å². The average Bonchev–Trinajstić information content (AvgIpc) is 2.76. The summed E-state index contributed by atoms with van der Waals surface area (Å²) in [6.07, 6.45) is 29.7. The Balaban J connectivity index is 1.49. The van der Waals surface area contributed by atoms with Crippen LogP contribution in [0.15, 0.2) is 72.9 Å². The number of carbonyl (C=O) groups excluding carboxylic acids is 1. The van der Waals surface area contributed by atoms with Gasteiger partial charge in [0.05, 0.1) is 38.6 Å². The van der Waals surface area contributed by atoms with Crippen molar-refractivity contribution >= 4 is 5.91 Å². The first-order valence-corrected chi connectivity index (χ1v) is 32.2. The number of hydrogen-bond acceptors (Lipinski definition) is 18. The molecule has 0 saturated carbocycles. The molecule has 486 valence electrons. The van der Waals surface area contributed by atoms with Gasteiger partial charge in [-0.25, -0.2) is 0 Å². The largest absolute Gasteiger partial charge is 0.394 e. The lowest BCUT2D eigenvalue weighted by Crippen LogP contribution is -2.66.